The molecule has 8 heteroatoms. The monoisotopic (exact) mass is 390 g/mol. The van der Waals surface area contributed by atoms with Gasteiger partial charge in [-0.05, 0) is 43.3 Å². The fourth-order valence-electron chi connectivity index (χ4n) is 2.45. The van der Waals surface area contributed by atoms with E-state index >= 15 is 0 Å². The Morgan fingerprint density at radius 2 is 2.08 bits per heavy atom. The first-order valence-corrected chi connectivity index (χ1v) is 9.01. The number of thiophene rings is 1. The molecule has 1 aromatic carbocycles. The number of amides is 1. The second-order valence-corrected chi connectivity index (χ2v) is 7.35. The molecule has 2 heterocycles. The molecular weight excluding hydrogens is 375 g/mol. The summed E-state index contributed by atoms with van der Waals surface area (Å²) in [5, 5.41) is 4.29. The molecule has 2 aromatic heterocycles. The Hall–Kier alpha value is -2.51. The van der Waals surface area contributed by atoms with Crippen LogP contribution in [-0.4, -0.2) is 32.1 Å². The summed E-state index contributed by atoms with van der Waals surface area (Å²) < 4.78 is 15.3. The molecule has 3 rings (SSSR count). The predicted molar refractivity (Wildman–Crippen MR) is 100 cm³/mol. The Labute approximate surface area is 159 Å². The SMILES string of the molecule is C=CCN(Cc1ccc(Cl)s1)C(=O)c1nc(C)n(-c2ccc(F)cc2)n1. The molecule has 0 aliphatic heterocycles. The molecule has 26 heavy (non-hydrogen) atoms. The van der Waals surface area contributed by atoms with Crippen molar-refractivity contribution >= 4 is 28.8 Å². The number of benzene rings is 1. The van der Waals surface area contributed by atoms with E-state index in [1.165, 1.54) is 28.2 Å². The molecule has 5 nitrogen and oxygen atoms in total. The zero-order chi connectivity index (χ0) is 18.7. The Bertz CT molecular complexity index is 935. The summed E-state index contributed by atoms with van der Waals surface area (Å²) in [6.07, 6.45) is 1.65. The van der Waals surface area contributed by atoms with Gasteiger partial charge < -0.3 is 4.90 Å². The third kappa shape index (κ3) is 4.00. The lowest BCUT2D eigenvalue weighted by Gasteiger charge is -2.18. The van der Waals surface area contributed by atoms with E-state index in [0.29, 0.717) is 28.9 Å². The first-order valence-electron chi connectivity index (χ1n) is 7.82. The van der Waals surface area contributed by atoms with Gasteiger partial charge in [-0.25, -0.2) is 14.1 Å². The van der Waals surface area contributed by atoms with E-state index in [1.54, 1.807) is 36.1 Å². The Morgan fingerprint density at radius 1 is 1.35 bits per heavy atom. The molecule has 0 unspecified atom stereocenters. The van der Waals surface area contributed by atoms with Gasteiger partial charge in [0.15, 0.2) is 0 Å². The number of aromatic nitrogens is 3. The van der Waals surface area contributed by atoms with E-state index in [2.05, 4.69) is 16.7 Å². The van der Waals surface area contributed by atoms with Crippen molar-refractivity contribution in [3.05, 3.63) is 75.7 Å². The largest absolute Gasteiger partial charge is 0.327 e. The normalized spacial score (nSPS) is 10.7. The maximum atomic E-state index is 13.1. The van der Waals surface area contributed by atoms with Crippen LogP contribution in [0.4, 0.5) is 4.39 Å². The van der Waals surface area contributed by atoms with Crippen LogP contribution in [0.25, 0.3) is 5.69 Å². The highest BCUT2D eigenvalue weighted by atomic mass is 35.5. The summed E-state index contributed by atoms with van der Waals surface area (Å²) in [4.78, 5) is 19.7. The molecule has 0 atom stereocenters. The van der Waals surface area contributed by atoms with Gasteiger partial charge in [-0.3, -0.25) is 4.79 Å². The molecule has 0 radical (unpaired) electrons. The van der Waals surface area contributed by atoms with E-state index in [0.717, 1.165) is 4.88 Å². The zero-order valence-corrected chi connectivity index (χ0v) is 15.6. The fraction of sp³-hybridized carbons (Fsp3) is 0.167. The smallest absolute Gasteiger partial charge is 0.294 e. The van der Waals surface area contributed by atoms with E-state index < -0.39 is 0 Å². The summed E-state index contributed by atoms with van der Waals surface area (Å²) in [6, 6.07) is 9.52. The van der Waals surface area contributed by atoms with Crippen LogP contribution in [0.1, 0.15) is 21.3 Å². The Kier molecular flexibility index (Phi) is 5.49. The highest BCUT2D eigenvalue weighted by molar-refractivity contribution is 7.16. The van der Waals surface area contributed by atoms with Gasteiger partial charge in [-0.15, -0.1) is 23.0 Å². The fourth-order valence-corrected chi connectivity index (χ4v) is 3.55. The molecule has 1 amide bonds. The van der Waals surface area contributed by atoms with Crippen molar-refractivity contribution in [1.82, 2.24) is 19.7 Å². The van der Waals surface area contributed by atoms with E-state index in [1.807, 2.05) is 6.07 Å². The molecule has 0 fully saturated rings. The topological polar surface area (TPSA) is 51.0 Å². The molecule has 3 aromatic rings. The van der Waals surface area contributed by atoms with Crippen LogP contribution in [0.5, 0.6) is 0 Å². The lowest BCUT2D eigenvalue weighted by Crippen LogP contribution is -2.31. The zero-order valence-electron chi connectivity index (χ0n) is 14.0. The third-order valence-corrected chi connectivity index (χ3v) is 4.86. The average Bonchev–Trinajstić information content (AvgIpc) is 3.20. The molecule has 0 bridgehead atoms. The molecule has 0 aliphatic rings. The molecule has 134 valence electrons. The van der Waals surface area contributed by atoms with Crippen molar-refractivity contribution in [2.45, 2.75) is 13.5 Å². The number of carbonyl (C=O) groups excluding carboxylic acids is 1. The van der Waals surface area contributed by atoms with Gasteiger partial charge in [0.1, 0.15) is 11.6 Å². The van der Waals surface area contributed by atoms with Gasteiger partial charge in [0.25, 0.3) is 5.91 Å². The van der Waals surface area contributed by atoms with Gasteiger partial charge in [0.2, 0.25) is 5.82 Å². The summed E-state index contributed by atoms with van der Waals surface area (Å²) in [6.45, 7) is 6.20. The van der Waals surface area contributed by atoms with Gasteiger partial charge in [0, 0.05) is 11.4 Å². The maximum absolute atomic E-state index is 13.1. The summed E-state index contributed by atoms with van der Waals surface area (Å²) >= 11 is 7.38. The number of carbonyl (C=O) groups is 1. The van der Waals surface area contributed by atoms with Crippen LogP contribution in [0.15, 0.2) is 49.1 Å². The van der Waals surface area contributed by atoms with Crippen molar-refractivity contribution in [2.75, 3.05) is 6.54 Å². The van der Waals surface area contributed by atoms with Crippen molar-refractivity contribution in [3.63, 3.8) is 0 Å². The molecule has 0 saturated carbocycles. The number of nitrogens with zero attached hydrogens (tertiary/aromatic N) is 4. The number of rotatable bonds is 6. The average molecular weight is 391 g/mol. The van der Waals surface area contributed by atoms with Crippen LogP contribution >= 0.6 is 22.9 Å². The predicted octanol–water partition coefficient (Wildman–Crippen LogP) is 4.26. The van der Waals surface area contributed by atoms with Crippen LogP contribution < -0.4 is 0 Å². The summed E-state index contributed by atoms with van der Waals surface area (Å²) in [5.41, 5.74) is 0.635. The summed E-state index contributed by atoms with van der Waals surface area (Å²) in [7, 11) is 0. The van der Waals surface area contributed by atoms with Crippen LogP contribution in [-0.2, 0) is 6.54 Å². The second kappa shape index (κ2) is 7.80. The van der Waals surface area contributed by atoms with Gasteiger partial charge in [-0.2, -0.15) is 0 Å². The third-order valence-electron chi connectivity index (χ3n) is 3.64. The summed E-state index contributed by atoms with van der Waals surface area (Å²) in [5.74, 6) is -0.0259. The molecule has 0 aliphatic carbocycles. The Morgan fingerprint density at radius 3 is 2.69 bits per heavy atom. The maximum Gasteiger partial charge on any atom is 0.294 e. The number of hydrogen-bond donors (Lipinski definition) is 0. The van der Waals surface area contributed by atoms with Gasteiger partial charge in [0.05, 0.1) is 16.6 Å². The Balaban J connectivity index is 1.86. The second-order valence-electron chi connectivity index (χ2n) is 5.55. The minimum atomic E-state index is -0.338. The highest BCUT2D eigenvalue weighted by Gasteiger charge is 2.21. The minimum Gasteiger partial charge on any atom is -0.327 e. The number of halogens is 2. The quantitative estimate of drug-likeness (QED) is 0.591. The first kappa shape index (κ1) is 18.3. The lowest BCUT2D eigenvalue weighted by molar-refractivity contribution is 0.0752. The molecule has 0 saturated heterocycles. The molecule has 0 N–H and O–H groups in total. The highest BCUT2D eigenvalue weighted by Crippen LogP contribution is 2.23. The van der Waals surface area contributed by atoms with E-state index in [9.17, 15) is 9.18 Å². The first-order chi connectivity index (χ1) is 12.5. The van der Waals surface area contributed by atoms with Crippen molar-refractivity contribution in [1.29, 1.82) is 0 Å². The molecular formula is C18H16ClFN4OS. The van der Waals surface area contributed by atoms with Crippen molar-refractivity contribution < 1.29 is 9.18 Å². The van der Waals surface area contributed by atoms with Crippen molar-refractivity contribution in [2.24, 2.45) is 0 Å². The van der Waals surface area contributed by atoms with Crippen LogP contribution in [0.2, 0.25) is 4.34 Å². The van der Waals surface area contributed by atoms with Crippen LogP contribution in [0, 0.1) is 12.7 Å². The van der Waals surface area contributed by atoms with Crippen molar-refractivity contribution in [3.8, 4) is 5.69 Å². The van der Waals surface area contributed by atoms with E-state index in [-0.39, 0.29) is 17.5 Å². The standard InChI is InChI=1S/C18H16ClFN4OS/c1-3-10-23(11-15-8-9-16(19)26-15)18(25)17-21-12(2)24(22-17)14-6-4-13(20)5-7-14/h3-9H,1,10-11H2,2H3. The lowest BCUT2D eigenvalue weighted by atomic mass is 10.3. The van der Waals surface area contributed by atoms with E-state index in [4.69, 9.17) is 11.6 Å². The number of hydrogen-bond acceptors (Lipinski definition) is 4. The van der Waals surface area contributed by atoms with Crippen LogP contribution in [0.3, 0.4) is 0 Å². The minimum absolute atomic E-state index is 0.0799. The van der Waals surface area contributed by atoms with Gasteiger partial charge in [-0.1, -0.05) is 17.7 Å². The molecule has 0 spiro atoms. The van der Waals surface area contributed by atoms with Gasteiger partial charge >= 0.3 is 0 Å². The number of aryl methyl sites for hydroxylation is 1.